The molecular weight excluding hydrogens is 300 g/mol. The number of nitrogens with two attached hydrogens (primary N) is 1. The van der Waals surface area contributed by atoms with Gasteiger partial charge in [0.15, 0.2) is 0 Å². The number of likely N-dealkylation sites (N-methyl/N-ethyl adjacent to an activating group) is 1. The Labute approximate surface area is 140 Å². The van der Waals surface area contributed by atoms with Crippen molar-refractivity contribution in [2.24, 2.45) is 0 Å². The highest BCUT2D eigenvalue weighted by atomic mass is 16.2. The van der Waals surface area contributed by atoms with Gasteiger partial charge in [0, 0.05) is 43.0 Å². The molecule has 0 unspecified atom stereocenters. The summed E-state index contributed by atoms with van der Waals surface area (Å²) >= 11 is 0. The lowest BCUT2D eigenvalue weighted by atomic mass is 9.94. The SMILES string of the molecule is CN1CCc2[nH]c(-c3ccnc(N)c3)c(-c3ccccc3)c2C1=O. The first-order chi connectivity index (χ1) is 11.6. The van der Waals surface area contributed by atoms with Crippen molar-refractivity contribution < 1.29 is 4.79 Å². The van der Waals surface area contributed by atoms with E-state index in [4.69, 9.17) is 5.73 Å². The zero-order chi connectivity index (χ0) is 16.7. The summed E-state index contributed by atoms with van der Waals surface area (Å²) in [5, 5.41) is 0. The number of carbonyl (C=O) groups is 1. The summed E-state index contributed by atoms with van der Waals surface area (Å²) in [5.74, 6) is 0.516. The molecule has 0 fully saturated rings. The highest BCUT2D eigenvalue weighted by Gasteiger charge is 2.30. The van der Waals surface area contributed by atoms with E-state index in [2.05, 4.69) is 9.97 Å². The van der Waals surface area contributed by atoms with Crippen molar-refractivity contribution in [3.8, 4) is 22.4 Å². The van der Waals surface area contributed by atoms with E-state index in [0.29, 0.717) is 5.82 Å². The maximum Gasteiger partial charge on any atom is 0.256 e. The Hall–Kier alpha value is -3.08. The summed E-state index contributed by atoms with van der Waals surface area (Å²) in [4.78, 5) is 22.1. The molecule has 3 aromatic rings. The predicted octanol–water partition coefficient (Wildman–Crippen LogP) is 2.95. The van der Waals surface area contributed by atoms with Gasteiger partial charge in [-0.05, 0) is 17.7 Å². The van der Waals surface area contributed by atoms with E-state index in [9.17, 15) is 4.79 Å². The van der Waals surface area contributed by atoms with Gasteiger partial charge >= 0.3 is 0 Å². The molecule has 0 saturated heterocycles. The molecule has 1 amide bonds. The van der Waals surface area contributed by atoms with Crippen molar-refractivity contribution in [3.63, 3.8) is 0 Å². The molecule has 0 atom stereocenters. The molecule has 5 nitrogen and oxygen atoms in total. The van der Waals surface area contributed by atoms with Crippen LogP contribution in [0.3, 0.4) is 0 Å². The summed E-state index contributed by atoms with van der Waals surface area (Å²) < 4.78 is 0. The number of rotatable bonds is 2. The topological polar surface area (TPSA) is 75.0 Å². The highest BCUT2D eigenvalue weighted by molar-refractivity contribution is 6.06. The van der Waals surface area contributed by atoms with E-state index in [1.807, 2.05) is 49.5 Å². The Morgan fingerprint density at radius 2 is 1.92 bits per heavy atom. The fourth-order valence-corrected chi connectivity index (χ4v) is 3.26. The van der Waals surface area contributed by atoms with E-state index in [1.165, 1.54) is 0 Å². The quantitative estimate of drug-likeness (QED) is 0.763. The molecule has 4 rings (SSSR count). The smallest absolute Gasteiger partial charge is 0.256 e. The molecule has 120 valence electrons. The van der Waals surface area contributed by atoms with Crippen LogP contribution in [0, 0.1) is 0 Å². The lowest BCUT2D eigenvalue weighted by molar-refractivity contribution is 0.0781. The number of nitrogen functional groups attached to an aromatic ring is 1. The molecule has 2 aromatic heterocycles. The first-order valence-corrected chi connectivity index (χ1v) is 7.93. The van der Waals surface area contributed by atoms with Gasteiger partial charge in [-0.25, -0.2) is 4.98 Å². The number of H-pyrrole nitrogens is 1. The fourth-order valence-electron chi connectivity index (χ4n) is 3.26. The normalized spacial score (nSPS) is 13.9. The highest BCUT2D eigenvalue weighted by Crippen LogP contribution is 2.39. The van der Waals surface area contributed by atoms with Gasteiger partial charge < -0.3 is 15.6 Å². The Kier molecular flexibility index (Phi) is 3.34. The van der Waals surface area contributed by atoms with Crippen molar-refractivity contribution in [1.29, 1.82) is 0 Å². The van der Waals surface area contributed by atoms with Gasteiger partial charge in [-0.15, -0.1) is 0 Å². The van der Waals surface area contributed by atoms with E-state index in [-0.39, 0.29) is 5.91 Å². The minimum atomic E-state index is 0.0552. The number of pyridine rings is 1. The molecule has 1 aliphatic rings. The Morgan fingerprint density at radius 1 is 1.12 bits per heavy atom. The van der Waals surface area contributed by atoms with Crippen LogP contribution in [-0.4, -0.2) is 34.4 Å². The van der Waals surface area contributed by atoms with Gasteiger partial charge in [0.1, 0.15) is 5.82 Å². The van der Waals surface area contributed by atoms with Crippen molar-refractivity contribution in [1.82, 2.24) is 14.9 Å². The zero-order valence-electron chi connectivity index (χ0n) is 13.4. The van der Waals surface area contributed by atoms with Gasteiger partial charge in [-0.2, -0.15) is 0 Å². The molecule has 0 spiro atoms. The third kappa shape index (κ3) is 2.25. The van der Waals surface area contributed by atoms with Gasteiger partial charge in [-0.3, -0.25) is 4.79 Å². The van der Waals surface area contributed by atoms with Crippen molar-refractivity contribution in [2.45, 2.75) is 6.42 Å². The molecular formula is C19H18N4O. The summed E-state index contributed by atoms with van der Waals surface area (Å²) in [5.41, 5.74) is 11.4. The van der Waals surface area contributed by atoms with Crippen molar-refractivity contribution >= 4 is 11.7 Å². The van der Waals surface area contributed by atoms with Crippen molar-refractivity contribution in [3.05, 3.63) is 59.9 Å². The van der Waals surface area contributed by atoms with Crippen LogP contribution >= 0.6 is 0 Å². The second-order valence-corrected chi connectivity index (χ2v) is 6.04. The Morgan fingerprint density at radius 3 is 2.67 bits per heavy atom. The van der Waals surface area contributed by atoms with Gasteiger partial charge in [-0.1, -0.05) is 30.3 Å². The second-order valence-electron chi connectivity index (χ2n) is 6.04. The number of benzene rings is 1. The number of nitrogens with one attached hydrogen (secondary N) is 1. The van der Waals surface area contributed by atoms with Gasteiger partial charge in [0.25, 0.3) is 5.91 Å². The summed E-state index contributed by atoms with van der Waals surface area (Å²) in [6.07, 6.45) is 2.51. The molecule has 0 saturated carbocycles. The zero-order valence-corrected chi connectivity index (χ0v) is 13.4. The van der Waals surface area contributed by atoms with Gasteiger partial charge in [0.05, 0.1) is 11.3 Å². The average Bonchev–Trinajstić information content (AvgIpc) is 2.99. The fraction of sp³-hybridized carbons (Fsp3) is 0.158. The van der Waals surface area contributed by atoms with Crippen LogP contribution in [0.4, 0.5) is 5.82 Å². The largest absolute Gasteiger partial charge is 0.384 e. The number of fused-ring (bicyclic) bond motifs is 1. The van der Waals surface area contributed by atoms with Crippen LogP contribution in [0.25, 0.3) is 22.4 Å². The molecule has 3 heterocycles. The van der Waals surface area contributed by atoms with Crippen LogP contribution in [-0.2, 0) is 6.42 Å². The molecule has 3 N–H and O–H groups in total. The third-order valence-electron chi connectivity index (χ3n) is 4.47. The third-order valence-corrected chi connectivity index (χ3v) is 4.47. The minimum Gasteiger partial charge on any atom is -0.384 e. The summed E-state index contributed by atoms with van der Waals surface area (Å²) in [6.45, 7) is 0.721. The Balaban J connectivity index is 2.01. The number of carbonyl (C=O) groups excluding carboxylic acids is 1. The van der Waals surface area contributed by atoms with Crippen molar-refractivity contribution in [2.75, 3.05) is 19.3 Å². The lowest BCUT2D eigenvalue weighted by Crippen LogP contribution is -2.34. The maximum absolute atomic E-state index is 12.8. The second kappa shape index (κ2) is 5.53. The number of amides is 1. The summed E-state index contributed by atoms with van der Waals surface area (Å²) in [7, 11) is 1.84. The first kappa shape index (κ1) is 14.5. The number of nitrogens with zero attached hydrogens (tertiary/aromatic N) is 2. The van der Waals surface area contributed by atoms with Crippen LogP contribution in [0.2, 0.25) is 0 Å². The number of hydrogen-bond acceptors (Lipinski definition) is 3. The number of anilines is 1. The van der Waals surface area contributed by atoms with E-state index in [1.54, 1.807) is 11.1 Å². The Bertz CT molecular complexity index is 914. The van der Waals surface area contributed by atoms with E-state index < -0.39 is 0 Å². The standard InChI is InChI=1S/C19H18N4O/c1-23-10-8-14-17(19(23)24)16(12-5-3-2-4-6-12)18(22-14)13-7-9-21-15(20)11-13/h2-7,9,11,22H,8,10H2,1H3,(H2,20,21). The van der Waals surface area contributed by atoms with E-state index >= 15 is 0 Å². The molecule has 5 heteroatoms. The molecule has 0 bridgehead atoms. The van der Waals surface area contributed by atoms with Crippen LogP contribution in [0.15, 0.2) is 48.7 Å². The first-order valence-electron chi connectivity index (χ1n) is 7.93. The number of hydrogen-bond donors (Lipinski definition) is 2. The van der Waals surface area contributed by atoms with Gasteiger partial charge in [0.2, 0.25) is 0 Å². The number of aromatic amines is 1. The monoisotopic (exact) mass is 318 g/mol. The van der Waals surface area contributed by atoms with Crippen LogP contribution < -0.4 is 5.73 Å². The van der Waals surface area contributed by atoms with Crippen LogP contribution in [0.5, 0.6) is 0 Å². The summed E-state index contributed by atoms with van der Waals surface area (Å²) in [6, 6.07) is 13.7. The minimum absolute atomic E-state index is 0.0552. The van der Waals surface area contributed by atoms with Crippen LogP contribution in [0.1, 0.15) is 16.1 Å². The molecule has 1 aromatic carbocycles. The van der Waals surface area contributed by atoms with E-state index in [0.717, 1.165) is 46.6 Å². The molecule has 0 aliphatic carbocycles. The maximum atomic E-state index is 12.8. The molecule has 0 radical (unpaired) electrons. The molecule has 1 aliphatic heterocycles. The average molecular weight is 318 g/mol. The lowest BCUT2D eigenvalue weighted by Gasteiger charge is -2.23. The number of aromatic nitrogens is 2. The predicted molar refractivity (Wildman–Crippen MR) is 94.5 cm³/mol. The molecule has 24 heavy (non-hydrogen) atoms.